The number of nitrogens with two attached hydrogens (primary N) is 1. The molecule has 6 heteroatoms. The summed E-state index contributed by atoms with van der Waals surface area (Å²) in [5.74, 6) is 6.73. The minimum Gasteiger partial charge on any atom is -0.439 e. The molecule has 0 aliphatic rings. The van der Waals surface area contributed by atoms with E-state index in [2.05, 4.69) is 31.3 Å². The van der Waals surface area contributed by atoms with Gasteiger partial charge in [0.25, 0.3) is 0 Å². The van der Waals surface area contributed by atoms with E-state index in [4.69, 9.17) is 10.6 Å². The summed E-state index contributed by atoms with van der Waals surface area (Å²) in [6.07, 6.45) is 1.58. The van der Waals surface area contributed by atoms with Crippen LogP contribution in [-0.2, 0) is 0 Å². The maximum Gasteiger partial charge on any atom is 0.240 e. The Morgan fingerprint density at radius 1 is 1.35 bits per heavy atom. The Kier molecular flexibility index (Phi) is 3.55. The molecule has 1 aromatic carbocycles. The predicted molar refractivity (Wildman–Crippen MR) is 68.8 cm³/mol. The van der Waals surface area contributed by atoms with Crippen LogP contribution in [0.15, 0.2) is 34.9 Å². The smallest absolute Gasteiger partial charge is 0.240 e. The topological polar surface area (TPSA) is 73.1 Å². The number of aryl methyl sites for hydroxylation is 1. The molecular weight excluding hydrogens is 284 g/mol. The summed E-state index contributed by atoms with van der Waals surface area (Å²) in [6, 6.07) is 7.42. The van der Waals surface area contributed by atoms with E-state index < -0.39 is 0 Å². The summed E-state index contributed by atoms with van der Waals surface area (Å²) < 4.78 is 6.65. The van der Waals surface area contributed by atoms with Crippen LogP contribution in [-0.4, -0.2) is 9.97 Å². The maximum atomic E-state index is 5.64. The minimum atomic E-state index is 0.317. The number of anilines is 1. The molecule has 88 valence electrons. The van der Waals surface area contributed by atoms with Crippen molar-refractivity contribution in [3.63, 3.8) is 0 Å². The summed E-state index contributed by atoms with van der Waals surface area (Å²) in [4.78, 5) is 7.97. The number of ether oxygens (including phenoxy) is 1. The van der Waals surface area contributed by atoms with Crippen LogP contribution >= 0.6 is 15.9 Å². The normalized spacial score (nSPS) is 10.1. The van der Waals surface area contributed by atoms with Crippen LogP contribution in [0.25, 0.3) is 0 Å². The summed E-state index contributed by atoms with van der Waals surface area (Å²) in [5.41, 5.74) is 3.38. The first-order valence-corrected chi connectivity index (χ1v) is 5.72. The van der Waals surface area contributed by atoms with Crippen LogP contribution < -0.4 is 16.0 Å². The zero-order valence-corrected chi connectivity index (χ0v) is 10.7. The van der Waals surface area contributed by atoms with Crippen LogP contribution in [0.3, 0.4) is 0 Å². The SMILES string of the molecule is Cc1cc(Br)ccc1Oc1ccnc(NN)n1. The van der Waals surface area contributed by atoms with E-state index in [-0.39, 0.29) is 0 Å². The molecule has 0 saturated heterocycles. The second-order valence-electron chi connectivity index (χ2n) is 3.37. The zero-order chi connectivity index (χ0) is 12.3. The molecule has 0 aliphatic carbocycles. The largest absolute Gasteiger partial charge is 0.439 e. The molecule has 5 nitrogen and oxygen atoms in total. The van der Waals surface area contributed by atoms with Gasteiger partial charge in [0.1, 0.15) is 5.75 Å². The van der Waals surface area contributed by atoms with Crippen molar-refractivity contribution in [2.45, 2.75) is 6.92 Å². The predicted octanol–water partition coefficient (Wildman–Crippen LogP) is 2.63. The first-order chi connectivity index (χ1) is 8.19. The van der Waals surface area contributed by atoms with Crippen LogP contribution in [0.5, 0.6) is 11.6 Å². The van der Waals surface area contributed by atoms with Gasteiger partial charge in [0.05, 0.1) is 0 Å². The summed E-state index contributed by atoms with van der Waals surface area (Å²) in [5, 5.41) is 0. The van der Waals surface area contributed by atoms with Gasteiger partial charge >= 0.3 is 0 Å². The van der Waals surface area contributed by atoms with Crippen LogP contribution in [0.4, 0.5) is 5.95 Å². The second kappa shape index (κ2) is 5.11. The second-order valence-corrected chi connectivity index (χ2v) is 4.29. The number of benzene rings is 1. The van der Waals surface area contributed by atoms with Gasteiger partial charge in [0.2, 0.25) is 11.8 Å². The molecule has 0 spiro atoms. The Labute approximate surface area is 107 Å². The number of hydrogen-bond acceptors (Lipinski definition) is 5. The Bertz CT molecular complexity index is 533. The standard InChI is InChI=1S/C11H11BrN4O/c1-7-6-8(12)2-3-9(7)17-10-4-5-14-11(15-10)16-13/h2-6H,13H2,1H3,(H,14,15,16). The summed E-state index contributed by atoms with van der Waals surface area (Å²) in [7, 11) is 0. The van der Waals surface area contributed by atoms with Gasteiger partial charge in [-0.1, -0.05) is 15.9 Å². The molecule has 17 heavy (non-hydrogen) atoms. The molecule has 0 saturated carbocycles. The molecule has 0 fully saturated rings. The first-order valence-electron chi connectivity index (χ1n) is 4.92. The molecule has 2 rings (SSSR count). The van der Waals surface area contributed by atoms with E-state index in [1.165, 1.54) is 0 Å². The lowest BCUT2D eigenvalue weighted by Crippen LogP contribution is -2.10. The average molecular weight is 295 g/mol. The van der Waals surface area contributed by atoms with E-state index in [1.807, 2.05) is 25.1 Å². The number of nitrogen functional groups attached to an aromatic ring is 1. The van der Waals surface area contributed by atoms with E-state index in [0.717, 1.165) is 15.8 Å². The highest BCUT2D eigenvalue weighted by Gasteiger charge is 2.04. The van der Waals surface area contributed by atoms with E-state index in [1.54, 1.807) is 12.3 Å². The fourth-order valence-electron chi connectivity index (χ4n) is 1.31. The van der Waals surface area contributed by atoms with Gasteiger partial charge in [-0.25, -0.2) is 10.8 Å². The highest BCUT2D eigenvalue weighted by Crippen LogP contribution is 2.26. The highest BCUT2D eigenvalue weighted by molar-refractivity contribution is 9.10. The lowest BCUT2D eigenvalue weighted by atomic mass is 10.2. The summed E-state index contributed by atoms with van der Waals surface area (Å²) in [6.45, 7) is 1.96. The third-order valence-electron chi connectivity index (χ3n) is 2.11. The van der Waals surface area contributed by atoms with Gasteiger partial charge in [0.15, 0.2) is 0 Å². The monoisotopic (exact) mass is 294 g/mol. The molecule has 0 amide bonds. The van der Waals surface area contributed by atoms with E-state index in [9.17, 15) is 0 Å². The van der Waals surface area contributed by atoms with Crippen LogP contribution in [0.2, 0.25) is 0 Å². The summed E-state index contributed by atoms with van der Waals surface area (Å²) >= 11 is 3.40. The van der Waals surface area contributed by atoms with Crippen molar-refractivity contribution in [1.82, 2.24) is 9.97 Å². The van der Waals surface area contributed by atoms with Crippen LogP contribution in [0, 0.1) is 6.92 Å². The molecule has 0 atom stereocenters. The van der Waals surface area contributed by atoms with E-state index >= 15 is 0 Å². The fourth-order valence-corrected chi connectivity index (χ4v) is 1.78. The Morgan fingerprint density at radius 2 is 2.18 bits per heavy atom. The number of halogens is 1. The number of nitrogens with one attached hydrogen (secondary N) is 1. The quantitative estimate of drug-likeness (QED) is 0.672. The number of nitrogens with zero attached hydrogens (tertiary/aromatic N) is 2. The van der Waals surface area contributed by atoms with Crippen molar-refractivity contribution in [3.8, 4) is 11.6 Å². The number of aromatic nitrogens is 2. The van der Waals surface area contributed by atoms with Crippen molar-refractivity contribution in [1.29, 1.82) is 0 Å². The van der Waals surface area contributed by atoms with E-state index in [0.29, 0.717) is 11.8 Å². The number of rotatable bonds is 3. The lowest BCUT2D eigenvalue weighted by Gasteiger charge is -2.08. The van der Waals surface area contributed by atoms with Crippen LogP contribution in [0.1, 0.15) is 5.56 Å². The molecule has 1 aromatic heterocycles. The lowest BCUT2D eigenvalue weighted by molar-refractivity contribution is 0.459. The minimum absolute atomic E-state index is 0.317. The zero-order valence-electron chi connectivity index (χ0n) is 9.14. The molecule has 0 aliphatic heterocycles. The Morgan fingerprint density at radius 3 is 2.88 bits per heavy atom. The third-order valence-corrected chi connectivity index (χ3v) is 2.60. The molecule has 0 unspecified atom stereocenters. The van der Waals surface area contributed by atoms with Gasteiger partial charge in [0, 0.05) is 16.7 Å². The van der Waals surface area contributed by atoms with Gasteiger partial charge < -0.3 is 4.74 Å². The molecule has 2 aromatic rings. The van der Waals surface area contributed by atoms with Gasteiger partial charge in [-0.05, 0) is 30.7 Å². The van der Waals surface area contributed by atoms with Crippen molar-refractivity contribution in [2.75, 3.05) is 5.43 Å². The highest BCUT2D eigenvalue weighted by atomic mass is 79.9. The molecular formula is C11H11BrN4O. The molecule has 3 N–H and O–H groups in total. The maximum absolute atomic E-state index is 5.64. The van der Waals surface area contributed by atoms with Crippen molar-refractivity contribution in [2.24, 2.45) is 5.84 Å². The van der Waals surface area contributed by atoms with Gasteiger partial charge in [-0.15, -0.1) is 0 Å². The van der Waals surface area contributed by atoms with Crippen molar-refractivity contribution >= 4 is 21.9 Å². The van der Waals surface area contributed by atoms with Crippen molar-refractivity contribution < 1.29 is 4.74 Å². The number of hydrazine groups is 1. The fraction of sp³-hybridized carbons (Fsp3) is 0.0909. The Balaban J connectivity index is 2.25. The van der Waals surface area contributed by atoms with Gasteiger partial charge in [-0.2, -0.15) is 4.98 Å². The number of hydrogen-bond donors (Lipinski definition) is 2. The molecule has 0 bridgehead atoms. The molecule has 1 heterocycles. The van der Waals surface area contributed by atoms with Crippen molar-refractivity contribution in [3.05, 3.63) is 40.5 Å². The third kappa shape index (κ3) is 2.92. The molecule has 0 radical (unpaired) electrons. The van der Waals surface area contributed by atoms with Gasteiger partial charge in [-0.3, -0.25) is 5.43 Å². The average Bonchev–Trinajstić information content (AvgIpc) is 2.33. The Hall–Kier alpha value is -1.66. The first kappa shape index (κ1) is 11.8.